The monoisotopic (exact) mass is 441 g/mol. The first-order chi connectivity index (χ1) is 14.9. The number of hydrogen-bond donors (Lipinski definition) is 2. The summed E-state index contributed by atoms with van der Waals surface area (Å²) >= 11 is 0.984. The topological polar surface area (TPSA) is 88.8 Å². The van der Waals surface area contributed by atoms with E-state index in [2.05, 4.69) is 5.32 Å². The second-order valence-electron chi connectivity index (χ2n) is 6.50. The molecule has 0 radical (unpaired) electrons. The number of carboxylic acid groups (broad SMARTS) is 1. The maximum atomic E-state index is 13.0. The molecule has 0 aliphatic heterocycles. The van der Waals surface area contributed by atoms with Crippen LogP contribution in [-0.2, 0) is 11.3 Å². The van der Waals surface area contributed by atoms with Gasteiger partial charge in [-0.2, -0.15) is 0 Å². The molecule has 8 heteroatoms. The molecule has 0 bridgehead atoms. The summed E-state index contributed by atoms with van der Waals surface area (Å²) in [5.74, 6) is -0.215. The Kier molecular flexibility index (Phi) is 7.64. The molecule has 2 aromatic carbocycles. The number of carboxylic acids is 1. The van der Waals surface area contributed by atoms with E-state index in [0.29, 0.717) is 16.4 Å². The lowest BCUT2D eigenvalue weighted by atomic mass is 10.1. The third kappa shape index (κ3) is 6.56. The number of carbonyl (C=O) groups excluding carboxylic acids is 1. The number of thioether (sulfide) groups is 1. The first-order valence-electron chi connectivity index (χ1n) is 9.28. The van der Waals surface area contributed by atoms with Crippen molar-refractivity contribution in [1.82, 2.24) is 5.32 Å². The van der Waals surface area contributed by atoms with Gasteiger partial charge in [-0.15, -0.1) is 0 Å². The van der Waals surface area contributed by atoms with Crippen molar-refractivity contribution in [2.24, 2.45) is 0 Å². The Morgan fingerprint density at radius 3 is 2.45 bits per heavy atom. The Hall–Kier alpha value is -3.36. The Bertz CT molecular complexity index is 1070. The molecule has 6 nitrogen and oxygen atoms in total. The average molecular weight is 441 g/mol. The van der Waals surface area contributed by atoms with E-state index in [1.807, 2.05) is 0 Å². The van der Waals surface area contributed by atoms with Crippen LogP contribution in [0.25, 0.3) is 17.4 Å². The zero-order valence-corrected chi connectivity index (χ0v) is 17.4. The molecule has 31 heavy (non-hydrogen) atoms. The minimum Gasteiger partial charge on any atom is -0.478 e. The van der Waals surface area contributed by atoms with Crippen LogP contribution in [0.15, 0.2) is 70.0 Å². The highest BCUT2D eigenvalue weighted by Gasteiger charge is 2.11. The molecule has 1 heterocycles. The predicted octanol–water partition coefficient (Wildman–Crippen LogP) is 5.41. The number of halogens is 1. The molecular weight excluding hydrogens is 421 g/mol. The number of ether oxygens (including phenoxy) is 1. The summed E-state index contributed by atoms with van der Waals surface area (Å²) in [5, 5.41) is 11.5. The van der Waals surface area contributed by atoms with E-state index in [1.165, 1.54) is 31.4 Å². The van der Waals surface area contributed by atoms with E-state index < -0.39 is 5.97 Å². The van der Waals surface area contributed by atoms with Crippen molar-refractivity contribution in [3.63, 3.8) is 0 Å². The van der Waals surface area contributed by atoms with Gasteiger partial charge in [0, 0.05) is 24.1 Å². The summed E-state index contributed by atoms with van der Waals surface area (Å²) in [6.45, 7) is 0.502. The van der Waals surface area contributed by atoms with Gasteiger partial charge in [-0.1, -0.05) is 24.3 Å². The van der Waals surface area contributed by atoms with E-state index in [-0.39, 0.29) is 29.8 Å². The third-order valence-electron chi connectivity index (χ3n) is 4.21. The second-order valence-corrected chi connectivity index (χ2v) is 7.60. The molecule has 0 fully saturated rings. The molecule has 1 amide bonds. The van der Waals surface area contributed by atoms with Crippen LogP contribution in [0.2, 0.25) is 0 Å². The number of furan rings is 1. The van der Waals surface area contributed by atoms with Crippen LogP contribution in [0.4, 0.5) is 9.18 Å². The summed E-state index contributed by atoms with van der Waals surface area (Å²) < 4.78 is 23.9. The molecule has 160 valence electrons. The number of carbonyl (C=O) groups is 2. The van der Waals surface area contributed by atoms with Gasteiger partial charge in [0.1, 0.15) is 17.3 Å². The van der Waals surface area contributed by atoms with Crippen molar-refractivity contribution in [1.29, 1.82) is 0 Å². The van der Waals surface area contributed by atoms with Gasteiger partial charge in [0.15, 0.2) is 0 Å². The Labute approximate surface area is 182 Å². The fourth-order valence-electron chi connectivity index (χ4n) is 2.70. The fourth-order valence-corrected chi connectivity index (χ4v) is 3.43. The molecule has 0 aliphatic rings. The van der Waals surface area contributed by atoms with Gasteiger partial charge in [0.2, 0.25) is 0 Å². The Morgan fingerprint density at radius 1 is 1.10 bits per heavy atom. The molecule has 0 unspecified atom stereocenters. The number of rotatable bonds is 8. The fraction of sp³-hybridized carbons (Fsp3) is 0.130. The SMILES string of the molecule is COC/C(=C/c1ccc(-c2ccc(C(=O)O)cc2)o1)SC(=O)NCc1ccc(F)cc1. The van der Waals surface area contributed by atoms with Crippen molar-refractivity contribution in [2.45, 2.75) is 6.54 Å². The van der Waals surface area contributed by atoms with Crippen LogP contribution in [0.1, 0.15) is 21.7 Å². The highest BCUT2D eigenvalue weighted by atomic mass is 32.2. The smallest absolute Gasteiger partial charge is 0.335 e. The molecular formula is C23H20FNO5S. The molecule has 0 atom stereocenters. The minimum atomic E-state index is -0.992. The van der Waals surface area contributed by atoms with Crippen LogP contribution >= 0.6 is 11.8 Å². The van der Waals surface area contributed by atoms with E-state index in [0.717, 1.165) is 22.9 Å². The van der Waals surface area contributed by atoms with E-state index in [4.69, 9.17) is 14.3 Å². The first-order valence-corrected chi connectivity index (χ1v) is 10.1. The van der Waals surface area contributed by atoms with Gasteiger partial charge in [-0.25, -0.2) is 9.18 Å². The Balaban J connectivity index is 1.65. The molecule has 2 N–H and O–H groups in total. The molecule has 0 aliphatic carbocycles. The Morgan fingerprint density at radius 2 is 1.81 bits per heavy atom. The van der Waals surface area contributed by atoms with E-state index in [9.17, 15) is 14.0 Å². The van der Waals surface area contributed by atoms with Crippen molar-refractivity contribution < 1.29 is 28.2 Å². The standard InChI is InChI=1S/C23H20FNO5S/c1-29-14-20(31-23(28)25-13-15-2-8-18(24)9-3-15)12-19-10-11-21(30-19)16-4-6-17(7-5-16)22(26)27/h2-12H,13-14H2,1H3,(H,25,28)(H,26,27)/b20-12-. The number of nitrogens with one attached hydrogen (secondary N) is 1. The predicted molar refractivity (Wildman–Crippen MR) is 117 cm³/mol. The lowest BCUT2D eigenvalue weighted by Crippen LogP contribution is -2.18. The quantitative estimate of drug-likeness (QED) is 0.486. The maximum absolute atomic E-state index is 13.0. The van der Waals surface area contributed by atoms with Crippen molar-refractivity contribution in [2.75, 3.05) is 13.7 Å². The summed E-state index contributed by atoms with van der Waals surface area (Å²) in [6.07, 6.45) is 1.71. The maximum Gasteiger partial charge on any atom is 0.335 e. The summed E-state index contributed by atoms with van der Waals surface area (Å²) in [4.78, 5) is 23.9. The highest BCUT2D eigenvalue weighted by molar-refractivity contribution is 8.17. The van der Waals surface area contributed by atoms with Gasteiger partial charge in [0.25, 0.3) is 5.24 Å². The largest absolute Gasteiger partial charge is 0.478 e. The van der Waals surface area contributed by atoms with Gasteiger partial charge in [-0.3, -0.25) is 4.79 Å². The molecule has 3 rings (SSSR count). The number of amides is 1. The summed E-state index contributed by atoms with van der Waals surface area (Å²) in [5.41, 5.74) is 1.72. The second kappa shape index (κ2) is 10.6. The van der Waals surface area contributed by atoms with Crippen molar-refractivity contribution in [3.05, 3.63) is 88.3 Å². The average Bonchev–Trinajstić information content (AvgIpc) is 3.22. The third-order valence-corrected chi connectivity index (χ3v) is 5.03. The van der Waals surface area contributed by atoms with Gasteiger partial charge in [0.05, 0.1) is 12.2 Å². The molecule has 0 saturated carbocycles. The first kappa shape index (κ1) is 22.3. The van der Waals surface area contributed by atoms with Crippen LogP contribution < -0.4 is 5.32 Å². The molecule has 0 saturated heterocycles. The lowest BCUT2D eigenvalue weighted by Gasteiger charge is -2.07. The number of aromatic carboxylic acids is 1. The lowest BCUT2D eigenvalue weighted by molar-refractivity contribution is 0.0697. The zero-order chi connectivity index (χ0) is 22.2. The van der Waals surface area contributed by atoms with Crippen molar-refractivity contribution in [3.8, 4) is 11.3 Å². The summed E-state index contributed by atoms with van der Waals surface area (Å²) in [6, 6.07) is 15.8. The normalized spacial score (nSPS) is 11.4. The minimum absolute atomic E-state index is 0.195. The van der Waals surface area contributed by atoms with Crippen LogP contribution in [0.3, 0.4) is 0 Å². The van der Waals surface area contributed by atoms with Gasteiger partial charge < -0.3 is 19.6 Å². The molecule has 3 aromatic rings. The van der Waals surface area contributed by atoms with Gasteiger partial charge >= 0.3 is 5.97 Å². The summed E-state index contributed by atoms with van der Waals surface area (Å²) in [7, 11) is 1.53. The van der Waals surface area contributed by atoms with E-state index in [1.54, 1.807) is 42.5 Å². The number of hydrogen-bond acceptors (Lipinski definition) is 5. The zero-order valence-electron chi connectivity index (χ0n) is 16.6. The van der Waals surface area contributed by atoms with Crippen LogP contribution in [0.5, 0.6) is 0 Å². The number of methoxy groups -OCH3 is 1. The van der Waals surface area contributed by atoms with Crippen molar-refractivity contribution >= 4 is 29.0 Å². The van der Waals surface area contributed by atoms with Crippen LogP contribution in [0, 0.1) is 5.82 Å². The van der Waals surface area contributed by atoms with Crippen LogP contribution in [-0.4, -0.2) is 30.0 Å². The molecule has 1 aromatic heterocycles. The highest BCUT2D eigenvalue weighted by Crippen LogP contribution is 2.26. The van der Waals surface area contributed by atoms with E-state index >= 15 is 0 Å². The number of benzene rings is 2. The molecule has 0 spiro atoms. The van der Waals surface area contributed by atoms with Gasteiger partial charge in [-0.05, 0) is 59.8 Å².